The van der Waals surface area contributed by atoms with Gasteiger partial charge in [-0.05, 0) is 25.1 Å². The normalized spacial score (nSPS) is 18.6. The van der Waals surface area contributed by atoms with Gasteiger partial charge >= 0.3 is 0 Å². The molecule has 1 aliphatic rings. The molecule has 0 radical (unpaired) electrons. The highest BCUT2D eigenvalue weighted by atomic mass is 35.5. The van der Waals surface area contributed by atoms with Crippen molar-refractivity contribution in [2.45, 2.75) is 17.9 Å². The van der Waals surface area contributed by atoms with Crippen LogP contribution in [0.5, 0.6) is 0 Å². The molecule has 0 saturated carbocycles. The maximum Gasteiger partial charge on any atom is 0.240 e. The van der Waals surface area contributed by atoms with Gasteiger partial charge in [-0.3, -0.25) is 4.90 Å². The lowest BCUT2D eigenvalue weighted by atomic mass is 10.2. The second-order valence-electron chi connectivity index (χ2n) is 4.93. The van der Waals surface area contributed by atoms with Crippen molar-refractivity contribution in [1.82, 2.24) is 9.62 Å². The molecule has 1 fully saturated rings. The number of halogens is 2. The summed E-state index contributed by atoms with van der Waals surface area (Å²) in [5.41, 5.74) is 0. The van der Waals surface area contributed by atoms with Crippen molar-refractivity contribution in [3.63, 3.8) is 0 Å². The summed E-state index contributed by atoms with van der Waals surface area (Å²) in [6.45, 7) is 5.11. The topological polar surface area (TPSA) is 58.6 Å². The van der Waals surface area contributed by atoms with E-state index in [0.29, 0.717) is 13.2 Å². The van der Waals surface area contributed by atoms with E-state index in [9.17, 15) is 12.8 Å². The summed E-state index contributed by atoms with van der Waals surface area (Å²) in [5.74, 6) is -0.641. The van der Waals surface area contributed by atoms with Crippen LogP contribution in [0.4, 0.5) is 4.39 Å². The molecule has 0 spiro atoms. The molecule has 2 rings (SSSR count). The minimum absolute atomic E-state index is 0.0388. The first kappa shape index (κ1) is 16.6. The largest absolute Gasteiger partial charge is 0.379 e. The lowest BCUT2D eigenvalue weighted by molar-refractivity contribution is 0.0213. The van der Waals surface area contributed by atoms with Crippen molar-refractivity contribution < 1.29 is 17.5 Å². The predicted octanol–water partition coefficient (Wildman–Crippen LogP) is 1.48. The van der Waals surface area contributed by atoms with Crippen LogP contribution >= 0.6 is 11.6 Å². The van der Waals surface area contributed by atoms with Crippen LogP contribution in [-0.4, -0.2) is 52.2 Å². The Morgan fingerprint density at radius 3 is 2.71 bits per heavy atom. The molecule has 8 heteroatoms. The lowest BCUT2D eigenvalue weighted by Crippen LogP contribution is -2.47. The van der Waals surface area contributed by atoms with Gasteiger partial charge in [-0.25, -0.2) is 17.5 Å². The predicted molar refractivity (Wildman–Crippen MR) is 78.5 cm³/mol. The number of ether oxygens (including phenoxy) is 1. The number of rotatable bonds is 5. The minimum atomic E-state index is -3.69. The van der Waals surface area contributed by atoms with Crippen molar-refractivity contribution in [3.8, 4) is 0 Å². The third-order valence-electron chi connectivity index (χ3n) is 3.44. The maximum atomic E-state index is 13.1. The van der Waals surface area contributed by atoms with E-state index in [2.05, 4.69) is 9.62 Å². The van der Waals surface area contributed by atoms with E-state index >= 15 is 0 Å². The Hall–Kier alpha value is -0.730. The number of hydrogen-bond acceptors (Lipinski definition) is 4. The van der Waals surface area contributed by atoms with Crippen LogP contribution in [0.2, 0.25) is 5.02 Å². The van der Waals surface area contributed by atoms with Gasteiger partial charge in [0.25, 0.3) is 0 Å². The Kier molecular flexibility index (Phi) is 5.56. The third-order valence-corrected chi connectivity index (χ3v) is 5.15. The molecule has 1 aliphatic heterocycles. The van der Waals surface area contributed by atoms with Gasteiger partial charge in [0.15, 0.2) is 0 Å². The molecule has 5 nitrogen and oxygen atoms in total. The minimum Gasteiger partial charge on any atom is -0.379 e. The van der Waals surface area contributed by atoms with Gasteiger partial charge in [0.1, 0.15) is 5.82 Å². The van der Waals surface area contributed by atoms with E-state index in [1.807, 2.05) is 6.92 Å². The molecular formula is C13H18ClFN2O3S. The Labute approximate surface area is 129 Å². The van der Waals surface area contributed by atoms with Gasteiger partial charge in [-0.1, -0.05) is 11.6 Å². The summed E-state index contributed by atoms with van der Waals surface area (Å²) < 4.78 is 45.2. The molecule has 0 aliphatic carbocycles. The van der Waals surface area contributed by atoms with E-state index in [1.165, 1.54) is 6.07 Å². The van der Waals surface area contributed by atoms with Crippen molar-refractivity contribution in [3.05, 3.63) is 29.0 Å². The first-order valence-corrected chi connectivity index (χ1v) is 8.53. The van der Waals surface area contributed by atoms with Crippen molar-refractivity contribution in [2.24, 2.45) is 0 Å². The number of morpholine rings is 1. The fourth-order valence-corrected chi connectivity index (χ4v) is 3.50. The highest BCUT2D eigenvalue weighted by Gasteiger charge is 2.21. The zero-order valence-corrected chi connectivity index (χ0v) is 13.3. The Balaban J connectivity index is 1.98. The second-order valence-corrected chi connectivity index (χ2v) is 7.10. The average molecular weight is 337 g/mol. The molecule has 118 valence electrons. The Morgan fingerprint density at radius 2 is 2.10 bits per heavy atom. The zero-order valence-electron chi connectivity index (χ0n) is 11.7. The fourth-order valence-electron chi connectivity index (χ4n) is 2.11. The van der Waals surface area contributed by atoms with E-state index in [-0.39, 0.29) is 22.5 Å². The number of nitrogens with zero attached hydrogens (tertiary/aromatic N) is 1. The number of hydrogen-bond donors (Lipinski definition) is 1. The van der Waals surface area contributed by atoms with Crippen molar-refractivity contribution in [1.29, 1.82) is 0 Å². The zero-order chi connectivity index (χ0) is 15.5. The second kappa shape index (κ2) is 7.02. The van der Waals surface area contributed by atoms with Gasteiger partial charge in [0, 0.05) is 25.7 Å². The van der Waals surface area contributed by atoms with Crippen molar-refractivity contribution in [2.75, 3.05) is 32.8 Å². The molecule has 1 heterocycles. The van der Waals surface area contributed by atoms with E-state index in [4.69, 9.17) is 16.3 Å². The van der Waals surface area contributed by atoms with E-state index < -0.39 is 15.8 Å². The average Bonchev–Trinajstić information content (AvgIpc) is 2.48. The van der Waals surface area contributed by atoms with Gasteiger partial charge < -0.3 is 4.74 Å². The van der Waals surface area contributed by atoms with Crippen LogP contribution < -0.4 is 4.72 Å². The van der Waals surface area contributed by atoms with Gasteiger partial charge in [0.05, 0.1) is 23.1 Å². The van der Waals surface area contributed by atoms with E-state index in [1.54, 1.807) is 0 Å². The number of nitrogens with one attached hydrogen (secondary N) is 1. The molecule has 1 atom stereocenters. The quantitative estimate of drug-likeness (QED) is 0.885. The first-order valence-electron chi connectivity index (χ1n) is 6.66. The number of sulfonamides is 1. The molecule has 1 saturated heterocycles. The molecule has 21 heavy (non-hydrogen) atoms. The smallest absolute Gasteiger partial charge is 0.240 e. The van der Waals surface area contributed by atoms with Crippen LogP contribution in [0, 0.1) is 5.82 Å². The number of benzene rings is 1. The molecule has 1 N–H and O–H groups in total. The van der Waals surface area contributed by atoms with E-state index in [0.717, 1.165) is 25.2 Å². The molecule has 1 aromatic carbocycles. The van der Waals surface area contributed by atoms with Crippen LogP contribution in [0.25, 0.3) is 0 Å². The van der Waals surface area contributed by atoms with Crippen LogP contribution in [0.3, 0.4) is 0 Å². The highest BCUT2D eigenvalue weighted by molar-refractivity contribution is 7.89. The first-order chi connectivity index (χ1) is 9.90. The van der Waals surface area contributed by atoms with Gasteiger partial charge in [0.2, 0.25) is 10.0 Å². The molecule has 0 unspecified atom stereocenters. The van der Waals surface area contributed by atoms with Crippen molar-refractivity contribution >= 4 is 21.6 Å². The summed E-state index contributed by atoms with van der Waals surface area (Å²) in [6.07, 6.45) is 0. The molecule has 0 aromatic heterocycles. The van der Waals surface area contributed by atoms with Gasteiger partial charge in [-0.15, -0.1) is 0 Å². The Morgan fingerprint density at radius 1 is 1.43 bits per heavy atom. The maximum absolute atomic E-state index is 13.1. The Bertz CT molecular complexity index is 591. The van der Waals surface area contributed by atoms with Crippen LogP contribution in [0.15, 0.2) is 23.1 Å². The third kappa shape index (κ3) is 4.37. The lowest BCUT2D eigenvalue weighted by Gasteiger charge is -2.32. The summed E-state index contributed by atoms with van der Waals surface area (Å²) >= 11 is 5.61. The SMILES string of the molecule is C[C@@H](CNS(=O)(=O)c1ccc(F)c(Cl)c1)N1CCOCC1. The molecule has 1 aromatic rings. The summed E-state index contributed by atoms with van der Waals surface area (Å²) in [6, 6.07) is 3.41. The van der Waals surface area contributed by atoms with Gasteiger partial charge in [-0.2, -0.15) is 0 Å². The summed E-state index contributed by atoms with van der Waals surface area (Å²) in [7, 11) is -3.69. The van der Waals surface area contributed by atoms with Crippen LogP contribution in [0.1, 0.15) is 6.92 Å². The standard InChI is InChI=1S/C13H18ClFN2O3S/c1-10(17-4-6-20-7-5-17)9-16-21(18,19)11-2-3-13(15)12(14)8-11/h2-3,8,10,16H,4-7,9H2,1H3/t10-/m0/s1. The molecular weight excluding hydrogens is 319 g/mol. The fraction of sp³-hybridized carbons (Fsp3) is 0.538. The highest BCUT2D eigenvalue weighted by Crippen LogP contribution is 2.19. The molecule has 0 amide bonds. The summed E-state index contributed by atoms with van der Waals surface area (Å²) in [4.78, 5) is 2.12. The molecule has 0 bridgehead atoms. The monoisotopic (exact) mass is 336 g/mol. The summed E-state index contributed by atoms with van der Waals surface area (Å²) in [5, 5.41) is -0.209. The van der Waals surface area contributed by atoms with Crippen LogP contribution in [-0.2, 0) is 14.8 Å².